The van der Waals surface area contributed by atoms with E-state index in [0.29, 0.717) is 32.5 Å². The number of hydrogen-bond acceptors (Lipinski definition) is 4. The van der Waals surface area contributed by atoms with E-state index in [1.165, 1.54) is 4.90 Å². The monoisotopic (exact) mass is 282 g/mol. The molecule has 7 nitrogen and oxygen atoms in total. The summed E-state index contributed by atoms with van der Waals surface area (Å²) in [4.78, 5) is 40.3. The maximum Gasteiger partial charge on any atom is 0.312 e. The molecule has 0 aromatic rings. The number of piperazine rings is 2. The molecule has 1 N–H and O–H groups in total. The minimum absolute atomic E-state index is 0.0433. The van der Waals surface area contributed by atoms with Gasteiger partial charge in [0.2, 0.25) is 5.91 Å². The quantitative estimate of drug-likeness (QED) is 0.637. The minimum atomic E-state index is -0.430. The van der Waals surface area contributed by atoms with E-state index >= 15 is 0 Å². The summed E-state index contributed by atoms with van der Waals surface area (Å²) in [6.07, 6.45) is 0.994. The number of nitrogens with zero attached hydrogens (tertiary/aromatic N) is 3. The molecule has 0 radical (unpaired) electrons. The summed E-state index contributed by atoms with van der Waals surface area (Å²) >= 11 is 0. The molecule has 2 aliphatic heterocycles. The molecule has 0 aromatic heterocycles. The Morgan fingerprint density at radius 3 is 2.80 bits per heavy atom. The van der Waals surface area contributed by atoms with Crippen molar-refractivity contribution in [3.63, 3.8) is 0 Å². The molecule has 2 rings (SSSR count). The highest BCUT2D eigenvalue weighted by molar-refractivity contribution is 6.35. The van der Waals surface area contributed by atoms with Crippen LogP contribution in [0.15, 0.2) is 0 Å². The molecule has 1 unspecified atom stereocenters. The lowest BCUT2D eigenvalue weighted by Gasteiger charge is -2.43. The molecule has 3 amide bonds. The van der Waals surface area contributed by atoms with Crippen LogP contribution in [0.3, 0.4) is 0 Å². The summed E-state index contributed by atoms with van der Waals surface area (Å²) in [6, 6.07) is 0.0681. The van der Waals surface area contributed by atoms with Crippen LogP contribution in [0.25, 0.3) is 0 Å². The lowest BCUT2D eigenvalue weighted by molar-refractivity contribution is -0.159. The fourth-order valence-electron chi connectivity index (χ4n) is 2.62. The molecular weight excluding hydrogens is 260 g/mol. The maximum atomic E-state index is 12.0. The Balaban J connectivity index is 1.87. The summed E-state index contributed by atoms with van der Waals surface area (Å²) in [5.74, 6) is -0.788. The average molecular weight is 282 g/mol. The number of fused-ring (bicyclic) bond motifs is 1. The molecule has 0 aromatic carbocycles. The summed E-state index contributed by atoms with van der Waals surface area (Å²) < 4.78 is 0. The van der Waals surface area contributed by atoms with Crippen LogP contribution in [-0.4, -0.2) is 85.3 Å². The van der Waals surface area contributed by atoms with Crippen molar-refractivity contribution in [1.82, 2.24) is 20.0 Å². The fraction of sp³-hybridized carbons (Fsp3) is 0.769. The van der Waals surface area contributed by atoms with E-state index in [2.05, 4.69) is 5.32 Å². The number of nitrogens with one attached hydrogen (secondary N) is 1. The normalized spacial score (nSPS) is 22.8. The standard InChI is InChI=1S/C13H22N4O3/c1-15(2)11(18)4-3-6-16-9-10-8-14-5-7-17(10)13(20)12(16)19/h10,14H,3-9H2,1-2H3. The lowest BCUT2D eigenvalue weighted by atomic mass is 10.1. The Morgan fingerprint density at radius 2 is 2.10 bits per heavy atom. The van der Waals surface area contributed by atoms with Gasteiger partial charge in [0.15, 0.2) is 0 Å². The van der Waals surface area contributed by atoms with Gasteiger partial charge in [-0.25, -0.2) is 0 Å². The van der Waals surface area contributed by atoms with Crippen molar-refractivity contribution in [2.75, 3.05) is 46.8 Å². The molecular formula is C13H22N4O3. The highest BCUT2D eigenvalue weighted by atomic mass is 16.2. The lowest BCUT2D eigenvalue weighted by Crippen LogP contribution is -2.65. The highest BCUT2D eigenvalue weighted by Gasteiger charge is 2.39. The fourth-order valence-corrected chi connectivity index (χ4v) is 2.62. The highest BCUT2D eigenvalue weighted by Crippen LogP contribution is 2.14. The van der Waals surface area contributed by atoms with Crippen LogP contribution in [-0.2, 0) is 14.4 Å². The SMILES string of the molecule is CN(C)C(=O)CCCN1CC2CNCCN2C(=O)C1=O. The van der Waals surface area contributed by atoms with Gasteiger partial charge in [-0.15, -0.1) is 0 Å². The van der Waals surface area contributed by atoms with Gasteiger partial charge in [-0.1, -0.05) is 0 Å². The van der Waals surface area contributed by atoms with Gasteiger partial charge < -0.3 is 20.0 Å². The number of hydrogen-bond donors (Lipinski definition) is 1. The average Bonchev–Trinajstić information content (AvgIpc) is 2.44. The second-order valence-corrected chi connectivity index (χ2v) is 5.50. The van der Waals surface area contributed by atoms with Crippen LogP contribution < -0.4 is 5.32 Å². The zero-order valence-electron chi connectivity index (χ0n) is 12.1. The molecule has 112 valence electrons. The topological polar surface area (TPSA) is 73.0 Å². The van der Waals surface area contributed by atoms with Crippen molar-refractivity contribution >= 4 is 17.7 Å². The van der Waals surface area contributed by atoms with E-state index in [1.54, 1.807) is 23.9 Å². The van der Waals surface area contributed by atoms with E-state index < -0.39 is 11.8 Å². The van der Waals surface area contributed by atoms with Crippen molar-refractivity contribution in [1.29, 1.82) is 0 Å². The van der Waals surface area contributed by atoms with Crippen molar-refractivity contribution < 1.29 is 14.4 Å². The maximum absolute atomic E-state index is 12.0. The van der Waals surface area contributed by atoms with E-state index in [-0.39, 0.29) is 11.9 Å². The molecule has 20 heavy (non-hydrogen) atoms. The van der Waals surface area contributed by atoms with Gasteiger partial charge in [0, 0.05) is 53.2 Å². The Labute approximate surface area is 118 Å². The van der Waals surface area contributed by atoms with Gasteiger partial charge in [-0.2, -0.15) is 0 Å². The molecule has 2 heterocycles. The summed E-state index contributed by atoms with van der Waals surface area (Å²) in [5.41, 5.74) is 0. The second-order valence-electron chi connectivity index (χ2n) is 5.50. The molecule has 2 fully saturated rings. The molecule has 1 atom stereocenters. The molecule has 0 aliphatic carbocycles. The van der Waals surface area contributed by atoms with Gasteiger partial charge in [0.1, 0.15) is 0 Å². The summed E-state index contributed by atoms with van der Waals surface area (Å²) in [7, 11) is 3.42. The Hall–Kier alpha value is -1.63. The molecule has 7 heteroatoms. The van der Waals surface area contributed by atoms with Crippen molar-refractivity contribution in [3.05, 3.63) is 0 Å². The van der Waals surface area contributed by atoms with Crippen LogP contribution in [0.2, 0.25) is 0 Å². The van der Waals surface area contributed by atoms with Crippen molar-refractivity contribution in [3.8, 4) is 0 Å². The third-order valence-corrected chi connectivity index (χ3v) is 3.83. The minimum Gasteiger partial charge on any atom is -0.349 e. The Bertz CT molecular complexity index is 410. The van der Waals surface area contributed by atoms with E-state index in [0.717, 1.165) is 13.1 Å². The predicted molar refractivity (Wildman–Crippen MR) is 72.9 cm³/mol. The van der Waals surface area contributed by atoms with E-state index in [9.17, 15) is 14.4 Å². The first kappa shape index (κ1) is 14.8. The first-order valence-electron chi connectivity index (χ1n) is 7.01. The van der Waals surface area contributed by atoms with Crippen molar-refractivity contribution in [2.24, 2.45) is 0 Å². The molecule has 2 saturated heterocycles. The van der Waals surface area contributed by atoms with Crippen LogP contribution in [0, 0.1) is 0 Å². The van der Waals surface area contributed by atoms with Crippen LogP contribution in [0.5, 0.6) is 0 Å². The van der Waals surface area contributed by atoms with Crippen LogP contribution in [0.4, 0.5) is 0 Å². The Morgan fingerprint density at radius 1 is 1.35 bits per heavy atom. The van der Waals surface area contributed by atoms with Gasteiger partial charge in [-0.05, 0) is 6.42 Å². The molecule has 2 aliphatic rings. The van der Waals surface area contributed by atoms with Crippen LogP contribution >= 0.6 is 0 Å². The largest absolute Gasteiger partial charge is 0.349 e. The third-order valence-electron chi connectivity index (χ3n) is 3.83. The molecule has 0 spiro atoms. The number of carbonyl (C=O) groups excluding carboxylic acids is 3. The summed E-state index contributed by atoms with van der Waals surface area (Å²) in [5, 5.41) is 3.24. The third kappa shape index (κ3) is 3.09. The van der Waals surface area contributed by atoms with E-state index in [1.807, 2.05) is 0 Å². The van der Waals surface area contributed by atoms with Crippen molar-refractivity contribution in [2.45, 2.75) is 18.9 Å². The predicted octanol–water partition coefficient (Wildman–Crippen LogP) is -1.50. The first-order chi connectivity index (χ1) is 9.50. The zero-order valence-corrected chi connectivity index (χ0v) is 12.1. The molecule has 0 bridgehead atoms. The van der Waals surface area contributed by atoms with Gasteiger partial charge >= 0.3 is 11.8 Å². The number of amides is 3. The summed E-state index contributed by atoms with van der Waals surface area (Å²) in [6.45, 7) is 3.10. The molecule has 0 saturated carbocycles. The van der Waals surface area contributed by atoms with E-state index in [4.69, 9.17) is 0 Å². The second kappa shape index (κ2) is 6.21. The Kier molecular flexibility index (Phi) is 4.59. The number of carbonyl (C=O) groups is 3. The van der Waals surface area contributed by atoms with Gasteiger partial charge in [0.05, 0.1) is 6.04 Å². The first-order valence-corrected chi connectivity index (χ1v) is 7.01. The van der Waals surface area contributed by atoms with Crippen LogP contribution in [0.1, 0.15) is 12.8 Å². The number of rotatable bonds is 4. The smallest absolute Gasteiger partial charge is 0.312 e. The van der Waals surface area contributed by atoms with Gasteiger partial charge in [-0.3, -0.25) is 14.4 Å². The van der Waals surface area contributed by atoms with Gasteiger partial charge in [0.25, 0.3) is 0 Å². The zero-order chi connectivity index (χ0) is 14.7.